The number of amides is 1. The monoisotopic (exact) mass is 321 g/mol. The predicted molar refractivity (Wildman–Crippen MR) is 76.9 cm³/mol. The third-order valence-electron chi connectivity index (χ3n) is 2.21. The van der Waals surface area contributed by atoms with Gasteiger partial charge in [-0.3, -0.25) is 4.79 Å². The van der Waals surface area contributed by atoms with Gasteiger partial charge in [0.2, 0.25) is 10.0 Å². The molecular weight excluding hydrogens is 306 g/mol. The third kappa shape index (κ3) is 5.70. The molecule has 112 valence electrons. The molecule has 1 aromatic heterocycles. The van der Waals surface area contributed by atoms with Gasteiger partial charge < -0.3 is 10.7 Å². The average Bonchev–Trinajstić information content (AvgIpc) is 2.37. The van der Waals surface area contributed by atoms with Crippen LogP contribution in [0.1, 0.15) is 16.9 Å². The van der Waals surface area contributed by atoms with Crippen LogP contribution in [0, 0.1) is 0 Å². The second kappa shape index (κ2) is 7.39. The maximum Gasteiger partial charge on any atom is 0.271 e. The predicted octanol–water partition coefficient (Wildman–Crippen LogP) is -0.310. The summed E-state index contributed by atoms with van der Waals surface area (Å²) in [5, 5.41) is 2.79. The van der Waals surface area contributed by atoms with Gasteiger partial charge in [-0.2, -0.15) is 0 Å². The summed E-state index contributed by atoms with van der Waals surface area (Å²) in [4.78, 5) is 15.8. The van der Waals surface area contributed by atoms with E-state index < -0.39 is 15.9 Å². The van der Waals surface area contributed by atoms with Crippen LogP contribution in [-0.2, 0) is 10.0 Å². The number of hydrazine groups is 1. The molecule has 10 heteroatoms. The lowest BCUT2D eigenvalue weighted by Crippen LogP contribution is -2.30. The molecule has 0 unspecified atom stereocenters. The van der Waals surface area contributed by atoms with Crippen molar-refractivity contribution >= 4 is 33.3 Å². The Morgan fingerprint density at radius 3 is 2.70 bits per heavy atom. The number of nitrogen functional groups attached to an aromatic ring is 1. The van der Waals surface area contributed by atoms with Gasteiger partial charge in [0.25, 0.3) is 5.91 Å². The molecule has 1 amide bonds. The van der Waals surface area contributed by atoms with E-state index in [4.69, 9.17) is 17.4 Å². The number of hydrogen-bond acceptors (Lipinski definition) is 6. The van der Waals surface area contributed by atoms with Gasteiger partial charge in [0.15, 0.2) is 0 Å². The van der Waals surface area contributed by atoms with E-state index in [9.17, 15) is 13.2 Å². The van der Waals surface area contributed by atoms with Crippen molar-refractivity contribution in [1.29, 1.82) is 0 Å². The zero-order valence-corrected chi connectivity index (χ0v) is 12.4. The third-order valence-corrected chi connectivity index (χ3v) is 3.25. The maximum atomic E-state index is 11.8. The van der Waals surface area contributed by atoms with Crippen LogP contribution in [0.5, 0.6) is 0 Å². The van der Waals surface area contributed by atoms with Gasteiger partial charge in [-0.25, -0.2) is 24.0 Å². The zero-order valence-electron chi connectivity index (χ0n) is 10.8. The summed E-state index contributed by atoms with van der Waals surface area (Å²) < 4.78 is 24.0. The number of sulfonamides is 1. The van der Waals surface area contributed by atoms with Crippen molar-refractivity contribution in [3.05, 3.63) is 22.8 Å². The highest BCUT2D eigenvalue weighted by Crippen LogP contribution is 2.15. The lowest BCUT2D eigenvalue weighted by molar-refractivity contribution is 0.0948. The Morgan fingerprint density at radius 1 is 1.40 bits per heavy atom. The Bertz CT molecular complexity index is 578. The summed E-state index contributed by atoms with van der Waals surface area (Å²) in [6.45, 7) is 0.532. The Kier molecular flexibility index (Phi) is 6.14. The second-order valence-electron chi connectivity index (χ2n) is 3.95. The number of hydrogen-bond donors (Lipinski definition) is 4. The lowest BCUT2D eigenvalue weighted by Gasteiger charge is -2.08. The highest BCUT2D eigenvalue weighted by molar-refractivity contribution is 7.88. The van der Waals surface area contributed by atoms with Crippen LogP contribution in [-0.4, -0.2) is 38.7 Å². The number of nitrogens with two attached hydrogens (primary N) is 1. The molecule has 1 rings (SSSR count). The van der Waals surface area contributed by atoms with Crippen molar-refractivity contribution in [2.24, 2.45) is 5.84 Å². The fourth-order valence-corrected chi connectivity index (χ4v) is 2.02. The van der Waals surface area contributed by atoms with Crippen LogP contribution in [0.15, 0.2) is 12.1 Å². The normalized spacial score (nSPS) is 11.2. The fourth-order valence-electron chi connectivity index (χ4n) is 1.31. The van der Waals surface area contributed by atoms with E-state index in [0.29, 0.717) is 18.8 Å². The molecule has 0 aliphatic carbocycles. The molecule has 0 aliphatic rings. The first kappa shape index (κ1) is 16.6. The van der Waals surface area contributed by atoms with E-state index in [1.807, 2.05) is 0 Å². The van der Waals surface area contributed by atoms with Crippen LogP contribution < -0.4 is 21.3 Å². The van der Waals surface area contributed by atoms with Crippen LogP contribution in [0.3, 0.4) is 0 Å². The molecule has 8 nitrogen and oxygen atoms in total. The highest BCUT2D eigenvalue weighted by Gasteiger charge is 2.12. The lowest BCUT2D eigenvalue weighted by atomic mass is 10.3. The Balaban J connectivity index is 2.47. The first-order valence-electron chi connectivity index (χ1n) is 5.69. The second-order valence-corrected chi connectivity index (χ2v) is 6.19. The number of halogens is 1. The maximum absolute atomic E-state index is 11.8. The van der Waals surface area contributed by atoms with E-state index in [1.165, 1.54) is 12.1 Å². The first-order valence-corrected chi connectivity index (χ1v) is 7.96. The number of rotatable bonds is 7. The molecule has 1 aromatic rings. The summed E-state index contributed by atoms with van der Waals surface area (Å²) in [5.74, 6) is 5.06. The van der Waals surface area contributed by atoms with Crippen LogP contribution in [0.2, 0.25) is 5.02 Å². The highest BCUT2D eigenvalue weighted by atomic mass is 35.5. The minimum absolute atomic E-state index is 0.0539. The van der Waals surface area contributed by atoms with Crippen molar-refractivity contribution in [2.75, 3.05) is 24.8 Å². The van der Waals surface area contributed by atoms with E-state index >= 15 is 0 Å². The molecular formula is C10H16ClN5O3S. The molecule has 0 aromatic carbocycles. The van der Waals surface area contributed by atoms with E-state index in [-0.39, 0.29) is 17.3 Å². The molecule has 0 bridgehead atoms. The van der Waals surface area contributed by atoms with E-state index in [0.717, 1.165) is 6.26 Å². The molecule has 1 heterocycles. The smallest absolute Gasteiger partial charge is 0.271 e. The number of anilines is 1. The van der Waals surface area contributed by atoms with Crippen molar-refractivity contribution in [3.63, 3.8) is 0 Å². The van der Waals surface area contributed by atoms with Crippen molar-refractivity contribution in [3.8, 4) is 0 Å². The molecule has 0 fully saturated rings. The van der Waals surface area contributed by atoms with Crippen LogP contribution >= 0.6 is 11.6 Å². The molecule has 0 atom stereocenters. The minimum Gasteiger partial charge on any atom is -0.351 e. The van der Waals surface area contributed by atoms with Gasteiger partial charge in [-0.05, 0) is 18.6 Å². The standard InChI is InChI=1S/C10H16ClN5O3S/c1-20(18,19)14-6-2-5-13-10(17)9-7(11)3-4-8(15-9)16-12/h3-4,14H,2,5-6,12H2,1H3,(H,13,17)(H,15,16). The molecule has 0 radical (unpaired) electrons. The summed E-state index contributed by atoms with van der Waals surface area (Å²) in [6.07, 6.45) is 1.52. The van der Waals surface area contributed by atoms with Gasteiger partial charge in [0.05, 0.1) is 11.3 Å². The Hall–Kier alpha value is -1.42. The van der Waals surface area contributed by atoms with Crippen LogP contribution in [0.25, 0.3) is 0 Å². The number of nitrogens with zero attached hydrogens (tertiary/aromatic N) is 1. The van der Waals surface area contributed by atoms with Gasteiger partial charge >= 0.3 is 0 Å². The number of aromatic nitrogens is 1. The molecule has 20 heavy (non-hydrogen) atoms. The molecule has 0 saturated heterocycles. The van der Waals surface area contributed by atoms with Crippen molar-refractivity contribution in [1.82, 2.24) is 15.0 Å². The number of nitrogens with one attached hydrogen (secondary N) is 3. The van der Waals surface area contributed by atoms with Gasteiger partial charge in [-0.1, -0.05) is 11.6 Å². The van der Waals surface area contributed by atoms with E-state index in [1.54, 1.807) is 0 Å². The summed E-state index contributed by atoms with van der Waals surface area (Å²) in [7, 11) is -3.21. The van der Waals surface area contributed by atoms with Gasteiger partial charge in [0, 0.05) is 13.1 Å². The molecule has 5 N–H and O–H groups in total. The number of carbonyl (C=O) groups excluding carboxylic acids is 1. The Labute approximate surface area is 122 Å². The molecule has 0 saturated carbocycles. The van der Waals surface area contributed by atoms with Gasteiger partial charge in [-0.15, -0.1) is 0 Å². The SMILES string of the molecule is CS(=O)(=O)NCCCNC(=O)c1nc(NN)ccc1Cl. The Morgan fingerprint density at radius 2 is 2.10 bits per heavy atom. The summed E-state index contributed by atoms with van der Waals surface area (Å²) in [5.41, 5.74) is 2.37. The van der Waals surface area contributed by atoms with Crippen molar-refractivity contribution in [2.45, 2.75) is 6.42 Å². The first-order chi connectivity index (χ1) is 9.33. The number of carbonyl (C=O) groups is 1. The van der Waals surface area contributed by atoms with Crippen molar-refractivity contribution < 1.29 is 13.2 Å². The zero-order chi connectivity index (χ0) is 15.2. The van der Waals surface area contributed by atoms with Gasteiger partial charge in [0.1, 0.15) is 11.5 Å². The minimum atomic E-state index is -3.21. The average molecular weight is 322 g/mol. The molecule has 0 spiro atoms. The number of pyridine rings is 1. The quantitative estimate of drug-likeness (QED) is 0.310. The fraction of sp³-hybridized carbons (Fsp3) is 0.400. The molecule has 0 aliphatic heterocycles. The largest absolute Gasteiger partial charge is 0.351 e. The summed E-state index contributed by atoms with van der Waals surface area (Å²) in [6, 6.07) is 3.04. The summed E-state index contributed by atoms with van der Waals surface area (Å²) >= 11 is 5.86. The topological polar surface area (TPSA) is 126 Å². The van der Waals surface area contributed by atoms with E-state index in [2.05, 4.69) is 20.4 Å². The van der Waals surface area contributed by atoms with Crippen LogP contribution in [0.4, 0.5) is 5.82 Å².